The van der Waals surface area contributed by atoms with Crippen molar-refractivity contribution in [2.24, 2.45) is 0 Å². The summed E-state index contributed by atoms with van der Waals surface area (Å²) >= 11 is 0. The van der Waals surface area contributed by atoms with Crippen LogP contribution in [-0.4, -0.2) is 56.7 Å². The smallest absolute Gasteiger partial charge is 0.254 e. The minimum Gasteiger partial charge on any atom is -0.348 e. The Balaban J connectivity index is 1.56. The third-order valence-corrected chi connectivity index (χ3v) is 4.88. The Kier molecular flexibility index (Phi) is 4.57. The molecule has 1 aromatic carbocycles. The Hall–Kier alpha value is -2.87. The van der Waals surface area contributed by atoms with Crippen LogP contribution < -0.4 is 5.32 Å². The van der Waals surface area contributed by atoms with Crippen molar-refractivity contribution in [1.82, 2.24) is 30.0 Å². The van der Waals surface area contributed by atoms with E-state index in [2.05, 4.69) is 32.3 Å². The number of nitrogens with one attached hydrogen (secondary N) is 1. The highest BCUT2D eigenvalue weighted by atomic mass is 19.1. The summed E-state index contributed by atoms with van der Waals surface area (Å²) < 4.78 is 15.1. The van der Waals surface area contributed by atoms with Crippen molar-refractivity contribution in [2.45, 2.75) is 25.8 Å². The molecule has 1 fully saturated rings. The number of hydrogen-bond donors (Lipinski definition) is 1. The second kappa shape index (κ2) is 7.03. The van der Waals surface area contributed by atoms with E-state index in [4.69, 9.17) is 0 Å². The molecule has 1 saturated heterocycles. The number of likely N-dealkylation sites (N-methyl/N-ethyl adjacent to an activating group) is 1. The number of benzene rings is 1. The number of aromatic nitrogens is 4. The maximum Gasteiger partial charge on any atom is 0.254 e. The molecule has 1 aliphatic heterocycles. The van der Waals surface area contributed by atoms with Gasteiger partial charge in [-0.25, -0.2) is 14.4 Å². The van der Waals surface area contributed by atoms with Crippen LogP contribution in [0.2, 0.25) is 0 Å². The third kappa shape index (κ3) is 3.52. The van der Waals surface area contributed by atoms with Crippen LogP contribution in [0.25, 0.3) is 16.9 Å². The Morgan fingerprint density at radius 1 is 1.30 bits per heavy atom. The van der Waals surface area contributed by atoms with E-state index in [1.165, 1.54) is 29.2 Å². The molecule has 27 heavy (non-hydrogen) atoms. The Morgan fingerprint density at radius 2 is 2.07 bits per heavy atom. The molecule has 8 heteroatoms. The van der Waals surface area contributed by atoms with Gasteiger partial charge in [-0.2, -0.15) is 9.78 Å². The van der Waals surface area contributed by atoms with E-state index in [1.807, 2.05) is 6.92 Å². The fourth-order valence-electron chi connectivity index (χ4n) is 3.50. The molecule has 4 rings (SSSR count). The van der Waals surface area contributed by atoms with Crippen LogP contribution in [0.4, 0.5) is 4.39 Å². The molecule has 1 amide bonds. The van der Waals surface area contributed by atoms with E-state index in [9.17, 15) is 9.18 Å². The number of carbonyl (C=O) groups excluding carboxylic acids is 1. The van der Waals surface area contributed by atoms with Crippen LogP contribution in [0, 0.1) is 12.7 Å². The molecule has 1 N–H and O–H groups in total. The Bertz CT molecular complexity index is 984. The molecular weight excluding hydrogens is 347 g/mol. The number of nitrogens with zero attached hydrogens (tertiary/aromatic N) is 5. The van der Waals surface area contributed by atoms with E-state index >= 15 is 0 Å². The van der Waals surface area contributed by atoms with Crippen molar-refractivity contribution in [3.8, 4) is 5.95 Å². The predicted octanol–water partition coefficient (Wildman–Crippen LogP) is 2.09. The van der Waals surface area contributed by atoms with Crippen LogP contribution in [-0.2, 0) is 0 Å². The lowest BCUT2D eigenvalue weighted by Crippen LogP contribution is -2.46. The highest BCUT2D eigenvalue weighted by Crippen LogP contribution is 2.21. The van der Waals surface area contributed by atoms with E-state index in [0.29, 0.717) is 17.0 Å². The molecule has 0 spiro atoms. The predicted molar refractivity (Wildman–Crippen MR) is 99.3 cm³/mol. The first kappa shape index (κ1) is 17.5. The van der Waals surface area contributed by atoms with Gasteiger partial charge < -0.3 is 10.2 Å². The van der Waals surface area contributed by atoms with E-state index in [0.717, 1.165) is 37.0 Å². The highest BCUT2D eigenvalue weighted by Gasteiger charge is 2.20. The minimum absolute atomic E-state index is 0.136. The largest absolute Gasteiger partial charge is 0.348 e. The van der Waals surface area contributed by atoms with Crippen LogP contribution in [0.3, 0.4) is 0 Å². The summed E-state index contributed by atoms with van der Waals surface area (Å²) in [5.74, 6) is -0.237. The normalized spacial score (nSPS) is 18.0. The molecule has 0 saturated carbocycles. The minimum atomic E-state index is -0.350. The number of likely N-dealkylation sites (tertiary alicyclic amines) is 1. The number of carbonyl (C=O) groups is 1. The number of fused-ring (bicyclic) bond motifs is 1. The zero-order valence-corrected chi connectivity index (χ0v) is 15.3. The zero-order valence-electron chi connectivity index (χ0n) is 15.3. The van der Waals surface area contributed by atoms with Gasteiger partial charge in [-0.3, -0.25) is 4.79 Å². The lowest BCUT2D eigenvalue weighted by molar-refractivity contribution is 0.0912. The number of aryl methyl sites for hydroxylation is 1. The van der Waals surface area contributed by atoms with Crippen molar-refractivity contribution >= 4 is 16.8 Å². The summed E-state index contributed by atoms with van der Waals surface area (Å²) in [7, 11) is 2.05. The second-order valence-corrected chi connectivity index (χ2v) is 7.01. The lowest BCUT2D eigenvalue weighted by atomic mass is 10.1. The number of halogens is 1. The number of piperidine rings is 1. The van der Waals surface area contributed by atoms with Gasteiger partial charge in [0.25, 0.3) is 11.9 Å². The van der Waals surface area contributed by atoms with Gasteiger partial charge >= 0.3 is 0 Å². The average Bonchev–Trinajstić information content (AvgIpc) is 2.98. The van der Waals surface area contributed by atoms with E-state index < -0.39 is 0 Å². The molecule has 0 bridgehead atoms. The third-order valence-electron chi connectivity index (χ3n) is 4.88. The van der Waals surface area contributed by atoms with Gasteiger partial charge in [0, 0.05) is 36.4 Å². The Morgan fingerprint density at radius 3 is 2.81 bits per heavy atom. The molecule has 1 atom stereocenters. The molecule has 7 nitrogen and oxygen atoms in total. The molecular formula is C19H21FN6O. The van der Waals surface area contributed by atoms with Crippen molar-refractivity contribution in [3.05, 3.63) is 47.7 Å². The summed E-state index contributed by atoms with van der Waals surface area (Å²) in [5, 5.41) is 8.27. The SMILES string of the molecule is Cc1nn(-c2ncc(C(=O)N[C@@H]3CCCN(C)C3)cn2)c2cc(F)ccc12. The summed E-state index contributed by atoms with van der Waals surface area (Å²) in [6.07, 6.45) is 5.00. The van der Waals surface area contributed by atoms with Gasteiger partial charge in [0.1, 0.15) is 5.82 Å². The number of hydrogen-bond acceptors (Lipinski definition) is 5. The molecule has 1 aliphatic rings. The fraction of sp³-hybridized carbons (Fsp3) is 0.368. The average molecular weight is 368 g/mol. The molecule has 2 aromatic heterocycles. The maximum absolute atomic E-state index is 13.6. The molecule has 140 valence electrons. The van der Waals surface area contributed by atoms with Gasteiger partial charge in [-0.1, -0.05) is 0 Å². The first-order valence-electron chi connectivity index (χ1n) is 8.98. The van der Waals surface area contributed by atoms with Crippen molar-refractivity contribution < 1.29 is 9.18 Å². The van der Waals surface area contributed by atoms with Gasteiger partial charge in [0.15, 0.2) is 0 Å². The molecule has 3 heterocycles. The summed E-state index contributed by atoms with van der Waals surface area (Å²) in [5.41, 5.74) is 1.75. The van der Waals surface area contributed by atoms with Crippen LogP contribution in [0.5, 0.6) is 0 Å². The molecule has 3 aromatic rings. The fourth-order valence-corrected chi connectivity index (χ4v) is 3.50. The first-order chi connectivity index (χ1) is 13.0. The summed E-state index contributed by atoms with van der Waals surface area (Å²) in [4.78, 5) is 23.2. The van der Waals surface area contributed by atoms with E-state index in [-0.39, 0.29) is 17.8 Å². The molecule has 0 unspecified atom stereocenters. The Labute approximate surface area is 156 Å². The van der Waals surface area contributed by atoms with Crippen LogP contribution in [0.1, 0.15) is 28.9 Å². The van der Waals surface area contributed by atoms with E-state index in [1.54, 1.807) is 6.07 Å². The van der Waals surface area contributed by atoms with Crippen LogP contribution in [0.15, 0.2) is 30.6 Å². The van der Waals surface area contributed by atoms with Crippen molar-refractivity contribution in [3.63, 3.8) is 0 Å². The first-order valence-corrected chi connectivity index (χ1v) is 8.98. The van der Waals surface area contributed by atoms with Gasteiger partial charge in [-0.15, -0.1) is 0 Å². The van der Waals surface area contributed by atoms with Crippen LogP contribution >= 0.6 is 0 Å². The monoisotopic (exact) mass is 368 g/mol. The second-order valence-electron chi connectivity index (χ2n) is 7.01. The zero-order chi connectivity index (χ0) is 19.0. The standard InChI is InChI=1S/C19H21FN6O/c1-12-16-6-5-14(20)8-17(16)26(24-12)19-21-9-13(10-22-19)18(27)23-15-4-3-7-25(2)11-15/h5-6,8-10,15H,3-4,7,11H2,1-2H3,(H,23,27)/t15-/m1/s1. The summed E-state index contributed by atoms with van der Waals surface area (Å²) in [6, 6.07) is 4.63. The summed E-state index contributed by atoms with van der Waals surface area (Å²) in [6.45, 7) is 3.75. The topological polar surface area (TPSA) is 75.9 Å². The molecule has 0 aliphatic carbocycles. The van der Waals surface area contributed by atoms with Gasteiger partial charge in [0.2, 0.25) is 0 Å². The quantitative estimate of drug-likeness (QED) is 0.766. The lowest BCUT2D eigenvalue weighted by Gasteiger charge is -2.30. The van der Waals surface area contributed by atoms with Gasteiger partial charge in [0.05, 0.1) is 16.8 Å². The molecule has 0 radical (unpaired) electrons. The highest BCUT2D eigenvalue weighted by molar-refractivity contribution is 5.93. The van der Waals surface area contributed by atoms with Crippen molar-refractivity contribution in [1.29, 1.82) is 0 Å². The number of amides is 1. The maximum atomic E-state index is 13.6. The number of rotatable bonds is 3. The van der Waals surface area contributed by atoms with Crippen molar-refractivity contribution in [2.75, 3.05) is 20.1 Å². The van der Waals surface area contributed by atoms with Gasteiger partial charge in [-0.05, 0) is 45.5 Å².